The SMILES string of the molecule is CN=C(NCC1CCOC1)NCC1(c2cccc(Br)c2)CCC1. The second-order valence-corrected chi connectivity index (χ2v) is 7.60. The highest BCUT2D eigenvalue weighted by Crippen LogP contribution is 2.43. The molecule has 1 atom stereocenters. The first-order valence-electron chi connectivity index (χ1n) is 8.50. The fraction of sp³-hybridized carbons (Fsp3) is 0.611. The van der Waals surface area contributed by atoms with Gasteiger partial charge in [-0.15, -0.1) is 0 Å². The highest BCUT2D eigenvalue weighted by Gasteiger charge is 2.38. The number of rotatable bonds is 5. The highest BCUT2D eigenvalue weighted by atomic mass is 79.9. The maximum Gasteiger partial charge on any atom is 0.191 e. The standard InChI is InChI=1S/C18H26BrN3O/c1-20-17(21-11-14-6-9-23-12-14)22-13-18(7-3-8-18)15-4-2-5-16(19)10-15/h2,4-5,10,14H,3,6-9,11-13H2,1H3,(H2,20,21,22). The van der Waals surface area contributed by atoms with Crippen LogP contribution in [0.2, 0.25) is 0 Å². The first-order valence-corrected chi connectivity index (χ1v) is 9.29. The Labute approximate surface area is 147 Å². The lowest BCUT2D eigenvalue weighted by atomic mass is 9.64. The minimum atomic E-state index is 0.248. The number of benzene rings is 1. The number of hydrogen-bond acceptors (Lipinski definition) is 2. The Bertz CT molecular complexity index is 551. The van der Waals surface area contributed by atoms with Gasteiger partial charge in [0.25, 0.3) is 0 Å². The van der Waals surface area contributed by atoms with E-state index in [2.05, 4.69) is 55.8 Å². The predicted molar refractivity (Wildman–Crippen MR) is 98.0 cm³/mol. The largest absolute Gasteiger partial charge is 0.381 e. The zero-order valence-corrected chi connectivity index (χ0v) is 15.4. The maximum atomic E-state index is 5.43. The Kier molecular flexibility index (Phi) is 5.59. The Hall–Kier alpha value is -1.07. The van der Waals surface area contributed by atoms with E-state index in [4.69, 9.17) is 4.74 Å². The van der Waals surface area contributed by atoms with Gasteiger partial charge in [-0.1, -0.05) is 34.5 Å². The number of ether oxygens (including phenoxy) is 1. The van der Waals surface area contributed by atoms with Gasteiger partial charge in [0.15, 0.2) is 5.96 Å². The van der Waals surface area contributed by atoms with Crippen LogP contribution in [0.3, 0.4) is 0 Å². The summed E-state index contributed by atoms with van der Waals surface area (Å²) in [6.07, 6.45) is 4.93. The fourth-order valence-electron chi connectivity index (χ4n) is 3.45. The summed E-state index contributed by atoms with van der Waals surface area (Å²) < 4.78 is 6.59. The van der Waals surface area contributed by atoms with E-state index in [0.717, 1.165) is 43.2 Å². The third-order valence-electron chi connectivity index (χ3n) is 5.15. The summed E-state index contributed by atoms with van der Waals surface area (Å²) in [6.45, 7) is 3.63. The van der Waals surface area contributed by atoms with Gasteiger partial charge >= 0.3 is 0 Å². The molecule has 1 aromatic rings. The van der Waals surface area contributed by atoms with Gasteiger partial charge < -0.3 is 15.4 Å². The Balaban J connectivity index is 1.56. The molecule has 0 aromatic heterocycles. The molecule has 1 aliphatic carbocycles. The third-order valence-corrected chi connectivity index (χ3v) is 5.64. The minimum absolute atomic E-state index is 0.248. The van der Waals surface area contributed by atoms with Gasteiger partial charge in [0, 0.05) is 42.5 Å². The Morgan fingerprint density at radius 1 is 1.39 bits per heavy atom. The van der Waals surface area contributed by atoms with Gasteiger partial charge in [-0.25, -0.2) is 0 Å². The van der Waals surface area contributed by atoms with E-state index < -0.39 is 0 Å². The lowest BCUT2D eigenvalue weighted by Crippen LogP contribution is -2.49. The smallest absolute Gasteiger partial charge is 0.191 e. The van der Waals surface area contributed by atoms with E-state index in [9.17, 15) is 0 Å². The third kappa shape index (κ3) is 4.07. The summed E-state index contributed by atoms with van der Waals surface area (Å²) >= 11 is 3.60. The van der Waals surface area contributed by atoms with E-state index in [1.54, 1.807) is 0 Å². The zero-order chi connectivity index (χ0) is 16.1. The van der Waals surface area contributed by atoms with Gasteiger partial charge in [-0.2, -0.15) is 0 Å². The van der Waals surface area contributed by atoms with E-state index in [-0.39, 0.29) is 5.41 Å². The number of aliphatic imine (C=N–C) groups is 1. The molecule has 0 amide bonds. The molecule has 1 aromatic carbocycles. The Morgan fingerprint density at radius 3 is 2.87 bits per heavy atom. The van der Waals surface area contributed by atoms with Gasteiger partial charge in [-0.05, 0) is 37.0 Å². The minimum Gasteiger partial charge on any atom is -0.381 e. The molecular formula is C18H26BrN3O. The summed E-state index contributed by atoms with van der Waals surface area (Å²) in [6, 6.07) is 8.73. The molecule has 3 rings (SSSR count). The zero-order valence-electron chi connectivity index (χ0n) is 13.8. The molecule has 23 heavy (non-hydrogen) atoms. The molecular weight excluding hydrogens is 354 g/mol. The van der Waals surface area contributed by atoms with Crippen molar-refractivity contribution in [1.29, 1.82) is 0 Å². The first-order chi connectivity index (χ1) is 11.2. The van der Waals surface area contributed by atoms with E-state index in [1.165, 1.54) is 24.8 Å². The molecule has 2 aliphatic rings. The molecule has 4 nitrogen and oxygen atoms in total. The van der Waals surface area contributed by atoms with Crippen LogP contribution in [0, 0.1) is 5.92 Å². The van der Waals surface area contributed by atoms with E-state index in [0.29, 0.717) is 5.92 Å². The molecule has 1 saturated heterocycles. The number of hydrogen-bond donors (Lipinski definition) is 2. The number of nitrogens with one attached hydrogen (secondary N) is 2. The monoisotopic (exact) mass is 379 g/mol. The summed E-state index contributed by atoms with van der Waals surface area (Å²) in [5, 5.41) is 6.98. The summed E-state index contributed by atoms with van der Waals surface area (Å²) in [5.41, 5.74) is 1.67. The molecule has 1 aliphatic heterocycles. The van der Waals surface area contributed by atoms with Crippen LogP contribution in [0.1, 0.15) is 31.2 Å². The molecule has 1 saturated carbocycles. The van der Waals surface area contributed by atoms with Crippen molar-refractivity contribution >= 4 is 21.9 Å². The molecule has 2 N–H and O–H groups in total. The second-order valence-electron chi connectivity index (χ2n) is 6.68. The van der Waals surface area contributed by atoms with Gasteiger partial charge in [0.1, 0.15) is 0 Å². The quantitative estimate of drug-likeness (QED) is 0.610. The van der Waals surface area contributed by atoms with Crippen molar-refractivity contribution in [3.63, 3.8) is 0 Å². The number of halogens is 1. The van der Waals surface area contributed by atoms with Crippen molar-refractivity contribution in [2.45, 2.75) is 31.1 Å². The average molecular weight is 380 g/mol. The second kappa shape index (κ2) is 7.67. The summed E-state index contributed by atoms with van der Waals surface area (Å²) in [7, 11) is 1.84. The van der Waals surface area contributed by atoms with Crippen molar-refractivity contribution in [2.75, 3.05) is 33.4 Å². The fourth-order valence-corrected chi connectivity index (χ4v) is 3.85. The van der Waals surface area contributed by atoms with Crippen LogP contribution in [0.5, 0.6) is 0 Å². The van der Waals surface area contributed by atoms with Crippen molar-refractivity contribution in [1.82, 2.24) is 10.6 Å². The topological polar surface area (TPSA) is 45.7 Å². The van der Waals surface area contributed by atoms with Gasteiger partial charge in [0.2, 0.25) is 0 Å². The molecule has 2 fully saturated rings. The van der Waals surface area contributed by atoms with E-state index in [1.807, 2.05) is 7.05 Å². The summed E-state index contributed by atoms with van der Waals surface area (Å²) in [4.78, 5) is 4.37. The van der Waals surface area contributed by atoms with Crippen molar-refractivity contribution in [3.05, 3.63) is 34.3 Å². The molecule has 126 valence electrons. The van der Waals surface area contributed by atoms with Crippen molar-refractivity contribution < 1.29 is 4.74 Å². The number of nitrogens with zero attached hydrogens (tertiary/aromatic N) is 1. The maximum absolute atomic E-state index is 5.43. The average Bonchev–Trinajstić information content (AvgIpc) is 3.02. The van der Waals surface area contributed by atoms with Crippen LogP contribution < -0.4 is 10.6 Å². The van der Waals surface area contributed by atoms with Gasteiger partial charge in [0.05, 0.1) is 6.61 Å². The molecule has 0 bridgehead atoms. The molecule has 0 radical (unpaired) electrons. The lowest BCUT2D eigenvalue weighted by molar-refractivity contribution is 0.186. The predicted octanol–water partition coefficient (Wildman–Crippen LogP) is 3.07. The van der Waals surface area contributed by atoms with Crippen LogP contribution >= 0.6 is 15.9 Å². The normalized spacial score (nSPS) is 23.4. The number of guanidine groups is 1. The van der Waals surface area contributed by atoms with Crippen LogP contribution in [-0.4, -0.2) is 39.3 Å². The Morgan fingerprint density at radius 2 is 2.26 bits per heavy atom. The van der Waals surface area contributed by atoms with Crippen LogP contribution in [0.15, 0.2) is 33.7 Å². The van der Waals surface area contributed by atoms with Crippen molar-refractivity contribution in [2.24, 2.45) is 10.9 Å². The molecule has 5 heteroatoms. The molecule has 0 spiro atoms. The molecule has 1 heterocycles. The van der Waals surface area contributed by atoms with Crippen LogP contribution in [-0.2, 0) is 10.2 Å². The van der Waals surface area contributed by atoms with E-state index >= 15 is 0 Å². The van der Waals surface area contributed by atoms with Crippen LogP contribution in [0.4, 0.5) is 0 Å². The van der Waals surface area contributed by atoms with Crippen LogP contribution in [0.25, 0.3) is 0 Å². The summed E-state index contributed by atoms with van der Waals surface area (Å²) in [5.74, 6) is 1.51. The lowest BCUT2D eigenvalue weighted by Gasteiger charge is -2.43. The molecule has 1 unspecified atom stereocenters. The highest BCUT2D eigenvalue weighted by molar-refractivity contribution is 9.10. The first kappa shape index (κ1) is 16.8. The van der Waals surface area contributed by atoms with Gasteiger partial charge in [-0.3, -0.25) is 4.99 Å². The van der Waals surface area contributed by atoms with Crippen molar-refractivity contribution in [3.8, 4) is 0 Å².